The van der Waals surface area contributed by atoms with Crippen LogP contribution in [0.3, 0.4) is 0 Å². The minimum absolute atomic E-state index is 0.109. The van der Waals surface area contributed by atoms with E-state index in [1.165, 1.54) is 14.2 Å². The summed E-state index contributed by atoms with van der Waals surface area (Å²) in [5.41, 5.74) is 14.2. The molecule has 1 fully saturated rings. The fourth-order valence-corrected chi connectivity index (χ4v) is 27.6. The van der Waals surface area contributed by atoms with Crippen molar-refractivity contribution in [2.45, 2.75) is 147 Å². The highest BCUT2D eigenvalue weighted by molar-refractivity contribution is 8.01. The Bertz CT molecular complexity index is 6400. The van der Waals surface area contributed by atoms with E-state index in [2.05, 4.69) is 6.58 Å². The third-order valence-electron chi connectivity index (χ3n) is 24.0. The molecule has 0 aromatic heterocycles. The lowest BCUT2D eigenvalue weighted by Gasteiger charge is -2.30. The number of hydrogen-bond acceptors (Lipinski definition) is 15. The Labute approximate surface area is 801 Å². The maximum Gasteiger partial charge on any atom is 0.345 e. The second-order valence-electron chi connectivity index (χ2n) is 34.4. The Balaban J connectivity index is 0.000000170. The number of Topliss-reactive ketones (excluding diaryl/α,β-unsaturated/α-hetero) is 2. The zero-order chi connectivity index (χ0) is 99.0. The Kier molecular flexibility index (Phi) is 36.4. The van der Waals surface area contributed by atoms with Crippen LogP contribution in [0, 0.1) is 104 Å². The molecule has 0 spiro atoms. The Morgan fingerprint density at radius 3 is 0.794 bits per heavy atom. The van der Waals surface area contributed by atoms with Gasteiger partial charge in [-0.2, -0.15) is 0 Å². The third kappa shape index (κ3) is 23.8. The van der Waals surface area contributed by atoms with Gasteiger partial charge in [0.2, 0.25) is 49.3 Å². The van der Waals surface area contributed by atoms with Crippen molar-refractivity contribution in [2.24, 2.45) is 0 Å². The summed E-state index contributed by atoms with van der Waals surface area (Å²) in [4.78, 5) is 92.5. The first kappa shape index (κ1) is 105. The molecule has 0 amide bonds. The number of hydrogen-bond donors (Lipinski definition) is 1. The van der Waals surface area contributed by atoms with Crippen LogP contribution in [0.5, 0.6) is 0 Å². The van der Waals surface area contributed by atoms with Gasteiger partial charge in [-0.15, -0.1) is 0 Å². The van der Waals surface area contributed by atoms with Crippen molar-refractivity contribution < 1.29 is 70.9 Å². The number of ketones is 2. The molecule has 136 heavy (non-hydrogen) atoms. The minimum Gasteiger partial charge on any atom is -0.443 e. The van der Waals surface area contributed by atoms with Crippen molar-refractivity contribution in [2.75, 3.05) is 14.2 Å². The molecule has 1 saturated carbocycles. The van der Waals surface area contributed by atoms with Crippen LogP contribution in [0.1, 0.15) is 194 Å². The summed E-state index contributed by atoms with van der Waals surface area (Å²) in [6.07, 6.45) is 5.33. The van der Waals surface area contributed by atoms with Gasteiger partial charge in [0, 0.05) is 85.2 Å². The molecule has 14 aromatic carbocycles. The maximum absolute atomic E-state index is 14.5. The molecule has 15 nitrogen and oxygen atoms in total. The molecule has 1 atom stereocenters. The SMILES string of the molecule is C=COP(=O)(C(=O)c1c(C)cc(C)cc1C)c1ccccc1.COC(OC)(C(=O)c1ccccc1)c1ccccc1.Cc1cc(C)c(C(=O)P(=O)(C(=O)c2c(C)cc(C)cc2C)c2ccccc2)c(C)c1.Cc1cc(C)c(C(=O)P(=O)(c2ccccc2)c2ccccc2)c(C)c1.Cc1cc(C)c(C(=O)P(=O)(c2ccccc2)c2ccccc2)c(C)c1.O=C(c1ccccc1)C1(O)CCCCC1. The molecule has 1 N–H and O–H groups in total. The van der Waals surface area contributed by atoms with Gasteiger partial charge < -0.3 is 32.8 Å². The lowest BCUT2D eigenvalue weighted by atomic mass is 9.79. The lowest BCUT2D eigenvalue weighted by molar-refractivity contribution is -0.176. The van der Waals surface area contributed by atoms with Gasteiger partial charge in [-0.25, -0.2) is 0 Å². The average molecular weight is 1890 g/mol. The topological polar surface area (TPSA) is 236 Å². The first-order chi connectivity index (χ1) is 64.8. The average Bonchev–Trinajstić information content (AvgIpc) is 0.728. The van der Waals surface area contributed by atoms with E-state index in [0.29, 0.717) is 83.9 Å². The second-order valence-corrected chi connectivity index (χ2v) is 44.5. The van der Waals surface area contributed by atoms with Crippen LogP contribution in [0.15, 0.2) is 346 Å². The number of carbonyl (C=O) groups excluding carboxylic acids is 7. The van der Waals surface area contributed by atoms with E-state index in [1.54, 1.807) is 133 Å². The van der Waals surface area contributed by atoms with E-state index >= 15 is 0 Å². The van der Waals surface area contributed by atoms with Gasteiger partial charge in [-0.05, 0) is 184 Å². The smallest absolute Gasteiger partial charge is 0.345 e. The van der Waals surface area contributed by atoms with E-state index in [-0.39, 0.29) is 27.9 Å². The molecule has 19 heteroatoms. The summed E-state index contributed by atoms with van der Waals surface area (Å²) in [7, 11) is -11.8. The van der Waals surface area contributed by atoms with Crippen molar-refractivity contribution in [3.05, 3.63) is 474 Å². The second kappa shape index (κ2) is 47.0. The fourth-order valence-electron chi connectivity index (χ4n) is 17.9. The molecule has 698 valence electrons. The first-order valence-electron chi connectivity index (χ1n) is 45.1. The third-order valence-corrected chi connectivity index (χ3v) is 34.5. The molecular formula is C117H120O15P4. The number of methoxy groups -OCH3 is 2. The number of aliphatic hydroxyl groups is 1. The molecule has 1 aliphatic carbocycles. The molecule has 1 aliphatic rings. The van der Waals surface area contributed by atoms with Gasteiger partial charge >= 0.3 is 7.37 Å². The summed E-state index contributed by atoms with van der Waals surface area (Å²) < 4.78 is 72.1. The van der Waals surface area contributed by atoms with Crippen molar-refractivity contribution in [1.82, 2.24) is 0 Å². The first-order valence-corrected chi connectivity index (χ1v) is 51.8. The van der Waals surface area contributed by atoms with E-state index in [1.807, 2.05) is 304 Å². The molecule has 0 saturated heterocycles. The molecular weight excluding hydrogens is 1770 g/mol. The number of rotatable bonds is 25. The normalized spacial score (nSPS) is 12.6. The van der Waals surface area contributed by atoms with E-state index < -0.39 is 56.8 Å². The summed E-state index contributed by atoms with van der Waals surface area (Å²) in [5, 5.41) is 13.2. The van der Waals surface area contributed by atoms with Crippen LogP contribution in [0.4, 0.5) is 0 Å². The monoisotopic (exact) mass is 1890 g/mol. The van der Waals surface area contributed by atoms with Crippen LogP contribution in [-0.4, -0.2) is 64.1 Å². The Hall–Kier alpha value is -12.9. The van der Waals surface area contributed by atoms with Crippen molar-refractivity contribution >= 4 is 99.8 Å². The molecule has 0 heterocycles. The highest BCUT2D eigenvalue weighted by atomic mass is 31.2. The highest BCUT2D eigenvalue weighted by Crippen LogP contribution is 2.55. The molecule has 0 aliphatic heterocycles. The summed E-state index contributed by atoms with van der Waals surface area (Å²) in [6, 6.07) is 99.9. The van der Waals surface area contributed by atoms with Crippen molar-refractivity contribution in [3.8, 4) is 0 Å². The standard InChI is InChI=1S/C26H27O3P.2C22H21O2P.C18H19O3P.C16H16O3.C13H16O2/c1-16-12-18(3)23(19(4)13-16)25(27)30(29,22-10-8-7-9-11-22)26(28)24-20(5)14-17(2)15-21(24)6;2*1-16-14-17(2)21(18(3)15-16)22(23)25(24,19-10-6-4-7-11-19)20-12-8-5-9-13-20;1-5-21-22(20,16-9-7-6-8-10-16)18(19)17-14(3)11-13(2)12-15(17)4;1-18-16(19-2,14-11-7-4-8-12-14)15(17)13-9-5-3-6-10-13;14-12(11-7-3-1-4-8-11)13(15)9-5-2-6-10-13/h7-15H,1-6H3;2*4-15H,1-3H3;5-12H,1H2,2-4H3;3-12H,1-2H3;1,3-4,7-8,15H,2,5-6,9-10H2. The lowest BCUT2D eigenvalue weighted by Crippen LogP contribution is -2.40. The molecule has 0 radical (unpaired) electrons. The van der Waals surface area contributed by atoms with Crippen LogP contribution < -0.4 is 31.8 Å². The summed E-state index contributed by atoms with van der Waals surface area (Å²) in [5.74, 6) is -1.73. The maximum atomic E-state index is 14.5. The Morgan fingerprint density at radius 2 is 0.529 bits per heavy atom. The molecule has 0 bridgehead atoms. The predicted molar refractivity (Wildman–Crippen MR) is 555 cm³/mol. The number of carbonyl (C=O) groups is 7. The summed E-state index contributed by atoms with van der Waals surface area (Å²) in [6.45, 7) is 32.0. The van der Waals surface area contributed by atoms with Gasteiger partial charge in [-0.3, -0.25) is 38.1 Å². The van der Waals surface area contributed by atoms with Crippen LogP contribution in [0.25, 0.3) is 0 Å². The van der Waals surface area contributed by atoms with Gasteiger partial charge in [0.1, 0.15) is 5.60 Å². The fraction of sp³-hybridized carbons (Fsp3) is 0.205. The quantitative estimate of drug-likeness (QED) is 0.0242. The number of benzene rings is 14. The van der Waals surface area contributed by atoms with Gasteiger partial charge in [0.15, 0.2) is 5.78 Å². The van der Waals surface area contributed by atoms with Crippen LogP contribution >= 0.6 is 28.8 Å². The van der Waals surface area contributed by atoms with E-state index in [4.69, 9.17) is 14.0 Å². The Morgan fingerprint density at radius 1 is 0.301 bits per heavy atom. The zero-order valence-corrected chi connectivity index (χ0v) is 84.1. The molecule has 14 aromatic rings. The largest absolute Gasteiger partial charge is 0.443 e. The molecule has 1 unspecified atom stereocenters. The van der Waals surface area contributed by atoms with Crippen LogP contribution in [0.2, 0.25) is 0 Å². The minimum atomic E-state index is -4.11. The van der Waals surface area contributed by atoms with Gasteiger partial charge in [0.25, 0.3) is 11.3 Å². The van der Waals surface area contributed by atoms with Crippen molar-refractivity contribution in [3.63, 3.8) is 0 Å². The van der Waals surface area contributed by atoms with Crippen LogP contribution in [-0.2, 0) is 38.0 Å². The highest BCUT2D eigenvalue weighted by Gasteiger charge is 2.47. The number of ether oxygens (including phenoxy) is 2. The van der Waals surface area contributed by atoms with Gasteiger partial charge in [-0.1, -0.05) is 375 Å². The van der Waals surface area contributed by atoms with Crippen molar-refractivity contribution in [1.29, 1.82) is 0 Å². The summed E-state index contributed by atoms with van der Waals surface area (Å²) >= 11 is 0. The van der Waals surface area contributed by atoms with E-state index in [0.717, 1.165) is 109 Å². The number of aryl methyl sites for hydroxylation is 15. The van der Waals surface area contributed by atoms with E-state index in [9.17, 15) is 56.9 Å². The molecule has 15 rings (SSSR count). The van der Waals surface area contributed by atoms with Gasteiger partial charge in [0.05, 0.1) is 11.6 Å². The zero-order valence-electron chi connectivity index (χ0n) is 80.5. The predicted octanol–water partition coefficient (Wildman–Crippen LogP) is 25.8.